The van der Waals surface area contributed by atoms with Crippen LogP contribution in [0.25, 0.3) is 0 Å². The molecule has 0 N–H and O–H groups in total. The van der Waals surface area contributed by atoms with E-state index in [1.165, 1.54) is 32.0 Å². The summed E-state index contributed by atoms with van der Waals surface area (Å²) in [6.07, 6.45) is 1.06. The maximum Gasteiger partial charge on any atom is 0.0529 e. The lowest BCUT2D eigenvalue weighted by Crippen LogP contribution is -1.94. The first-order valence-corrected chi connectivity index (χ1v) is 7.97. The second-order valence-electron chi connectivity index (χ2n) is 4.98. The van der Waals surface area contributed by atoms with E-state index in [-0.39, 0.29) is 0 Å². The van der Waals surface area contributed by atoms with E-state index in [2.05, 4.69) is 67.9 Å². The van der Waals surface area contributed by atoms with Crippen LogP contribution in [0.4, 0.5) is 0 Å². The zero-order chi connectivity index (χ0) is 13.3. The van der Waals surface area contributed by atoms with Crippen molar-refractivity contribution in [3.63, 3.8) is 0 Å². The van der Waals surface area contributed by atoms with Gasteiger partial charge in [-0.05, 0) is 62.4 Å². The van der Waals surface area contributed by atoms with Crippen LogP contribution in [0.15, 0.2) is 24.3 Å². The fraction of sp³-hybridized carbons (Fsp3) is 0.375. The highest BCUT2D eigenvalue weighted by Gasteiger charge is 2.12. The molecule has 2 heteroatoms. The molecule has 1 heterocycles. The SMILES string of the molecule is Cc1ccc(CC(Br)c2cc(C)c(C)s2)cc1C. The first-order chi connectivity index (χ1) is 8.47. The van der Waals surface area contributed by atoms with Gasteiger partial charge in [0.1, 0.15) is 0 Å². The summed E-state index contributed by atoms with van der Waals surface area (Å²) in [6, 6.07) is 9.07. The minimum absolute atomic E-state index is 0.428. The van der Waals surface area contributed by atoms with Gasteiger partial charge in [-0.2, -0.15) is 0 Å². The van der Waals surface area contributed by atoms with Crippen molar-refractivity contribution < 1.29 is 0 Å². The molecule has 0 saturated heterocycles. The molecule has 0 nitrogen and oxygen atoms in total. The van der Waals surface area contributed by atoms with E-state index < -0.39 is 0 Å². The molecule has 0 saturated carbocycles. The van der Waals surface area contributed by atoms with Gasteiger partial charge in [0.2, 0.25) is 0 Å². The lowest BCUT2D eigenvalue weighted by molar-refractivity contribution is 0.964. The van der Waals surface area contributed by atoms with Gasteiger partial charge in [0, 0.05) is 9.75 Å². The number of benzene rings is 1. The van der Waals surface area contributed by atoms with Crippen LogP contribution in [-0.2, 0) is 6.42 Å². The third kappa shape index (κ3) is 3.04. The first-order valence-electron chi connectivity index (χ1n) is 6.24. The molecule has 0 aliphatic rings. The number of hydrogen-bond acceptors (Lipinski definition) is 1. The van der Waals surface area contributed by atoms with E-state index in [0.717, 1.165) is 6.42 Å². The third-order valence-corrected chi connectivity index (χ3v) is 5.87. The monoisotopic (exact) mass is 322 g/mol. The van der Waals surface area contributed by atoms with Crippen molar-refractivity contribution in [2.75, 3.05) is 0 Å². The molecule has 2 rings (SSSR count). The van der Waals surface area contributed by atoms with Crippen LogP contribution in [-0.4, -0.2) is 0 Å². The third-order valence-electron chi connectivity index (χ3n) is 3.48. The van der Waals surface area contributed by atoms with Crippen LogP contribution < -0.4 is 0 Å². The maximum atomic E-state index is 3.82. The van der Waals surface area contributed by atoms with E-state index in [9.17, 15) is 0 Å². The molecule has 96 valence electrons. The number of aryl methyl sites for hydroxylation is 4. The van der Waals surface area contributed by atoms with Gasteiger partial charge in [0.05, 0.1) is 4.83 Å². The maximum absolute atomic E-state index is 3.82. The Bertz CT molecular complexity index is 535. The van der Waals surface area contributed by atoms with Gasteiger partial charge in [-0.3, -0.25) is 0 Å². The highest BCUT2D eigenvalue weighted by atomic mass is 79.9. The molecule has 2 aromatic rings. The molecular formula is C16H19BrS. The lowest BCUT2D eigenvalue weighted by atomic mass is 10.0. The molecule has 0 aliphatic heterocycles. The van der Waals surface area contributed by atoms with Crippen LogP contribution in [0.3, 0.4) is 0 Å². The molecule has 0 aliphatic carbocycles. The van der Waals surface area contributed by atoms with Crippen LogP contribution in [0.1, 0.15) is 36.8 Å². The minimum Gasteiger partial charge on any atom is -0.144 e. The summed E-state index contributed by atoms with van der Waals surface area (Å²) in [6.45, 7) is 8.72. The Hall–Kier alpha value is -0.600. The van der Waals surface area contributed by atoms with Gasteiger partial charge in [-0.25, -0.2) is 0 Å². The molecule has 1 aromatic carbocycles. The second-order valence-corrected chi connectivity index (χ2v) is 7.37. The van der Waals surface area contributed by atoms with Crippen molar-refractivity contribution in [2.45, 2.75) is 38.9 Å². The average molecular weight is 323 g/mol. The molecule has 1 unspecified atom stereocenters. The standard InChI is InChI=1S/C16H19BrS/c1-10-5-6-14(7-11(10)2)9-15(17)16-8-12(3)13(4)18-16/h5-8,15H,9H2,1-4H3. The van der Waals surface area contributed by atoms with Crippen LogP contribution in [0.5, 0.6) is 0 Å². The van der Waals surface area contributed by atoms with Crippen molar-refractivity contribution in [3.8, 4) is 0 Å². The Morgan fingerprint density at radius 3 is 2.28 bits per heavy atom. The molecule has 1 aromatic heterocycles. The van der Waals surface area contributed by atoms with Crippen LogP contribution in [0, 0.1) is 27.7 Å². The Morgan fingerprint density at radius 1 is 1.00 bits per heavy atom. The Morgan fingerprint density at radius 2 is 1.72 bits per heavy atom. The zero-order valence-corrected chi connectivity index (χ0v) is 13.8. The van der Waals surface area contributed by atoms with E-state index >= 15 is 0 Å². The summed E-state index contributed by atoms with van der Waals surface area (Å²) in [4.78, 5) is 3.29. The molecule has 0 bridgehead atoms. The normalized spacial score (nSPS) is 12.7. The fourth-order valence-electron chi connectivity index (χ4n) is 1.99. The molecule has 1 atom stereocenters. The van der Waals surface area contributed by atoms with Crippen LogP contribution in [0.2, 0.25) is 0 Å². The fourth-order valence-corrected chi connectivity index (χ4v) is 3.80. The molecule has 0 amide bonds. The van der Waals surface area contributed by atoms with Gasteiger partial charge >= 0.3 is 0 Å². The average Bonchev–Trinajstić information content (AvgIpc) is 2.65. The van der Waals surface area contributed by atoms with Crippen molar-refractivity contribution in [3.05, 3.63) is 56.3 Å². The van der Waals surface area contributed by atoms with Crippen LogP contribution >= 0.6 is 27.3 Å². The predicted molar refractivity (Wildman–Crippen MR) is 85.1 cm³/mol. The smallest absolute Gasteiger partial charge is 0.0529 e. The number of alkyl halides is 1. The second kappa shape index (κ2) is 5.58. The topological polar surface area (TPSA) is 0 Å². The van der Waals surface area contributed by atoms with Gasteiger partial charge in [0.15, 0.2) is 0 Å². The summed E-state index contributed by atoms with van der Waals surface area (Å²) in [5, 5.41) is 0. The van der Waals surface area contributed by atoms with Crippen molar-refractivity contribution >= 4 is 27.3 Å². The van der Waals surface area contributed by atoms with Gasteiger partial charge in [0.25, 0.3) is 0 Å². The highest BCUT2D eigenvalue weighted by molar-refractivity contribution is 9.09. The van der Waals surface area contributed by atoms with Gasteiger partial charge in [-0.1, -0.05) is 34.1 Å². The lowest BCUT2D eigenvalue weighted by Gasteiger charge is -2.09. The quantitative estimate of drug-likeness (QED) is 0.639. The largest absolute Gasteiger partial charge is 0.144 e. The van der Waals surface area contributed by atoms with E-state index in [1.54, 1.807) is 0 Å². The van der Waals surface area contributed by atoms with Crippen molar-refractivity contribution in [2.24, 2.45) is 0 Å². The number of thiophene rings is 1. The molecule has 0 radical (unpaired) electrons. The van der Waals surface area contributed by atoms with E-state index in [0.29, 0.717) is 4.83 Å². The highest BCUT2D eigenvalue weighted by Crippen LogP contribution is 2.34. The Labute approximate surface area is 122 Å². The van der Waals surface area contributed by atoms with E-state index in [4.69, 9.17) is 0 Å². The zero-order valence-electron chi connectivity index (χ0n) is 11.4. The molecular weight excluding hydrogens is 304 g/mol. The molecule has 0 spiro atoms. The molecule has 0 fully saturated rings. The summed E-state index contributed by atoms with van der Waals surface area (Å²) >= 11 is 5.73. The van der Waals surface area contributed by atoms with Gasteiger partial charge in [-0.15, -0.1) is 11.3 Å². The summed E-state index contributed by atoms with van der Waals surface area (Å²) in [5.41, 5.74) is 5.56. The van der Waals surface area contributed by atoms with E-state index in [1.807, 2.05) is 11.3 Å². The number of rotatable bonds is 3. The summed E-state index contributed by atoms with van der Waals surface area (Å²) in [5.74, 6) is 0. The van der Waals surface area contributed by atoms with Crippen molar-refractivity contribution in [1.82, 2.24) is 0 Å². The van der Waals surface area contributed by atoms with Crippen molar-refractivity contribution in [1.29, 1.82) is 0 Å². The first kappa shape index (κ1) is 13.8. The summed E-state index contributed by atoms with van der Waals surface area (Å²) < 4.78 is 0. The van der Waals surface area contributed by atoms with Gasteiger partial charge < -0.3 is 0 Å². The summed E-state index contributed by atoms with van der Waals surface area (Å²) in [7, 11) is 0. The molecule has 18 heavy (non-hydrogen) atoms. The Balaban J connectivity index is 2.15. The number of halogens is 1. The predicted octanol–water partition coefficient (Wildman–Crippen LogP) is 5.66. The Kier molecular flexibility index (Phi) is 4.29. The number of hydrogen-bond donors (Lipinski definition) is 0. The minimum atomic E-state index is 0.428.